The van der Waals surface area contributed by atoms with Crippen LogP contribution in [0.4, 0.5) is 0 Å². The molecule has 0 spiro atoms. The molecular formula is C13H16N2O3S. The van der Waals surface area contributed by atoms with Crippen LogP contribution in [0.3, 0.4) is 0 Å². The zero-order chi connectivity index (χ0) is 13.9. The second-order valence-corrected chi connectivity index (χ2v) is 5.32. The van der Waals surface area contributed by atoms with Crippen LogP contribution < -0.4 is 5.32 Å². The number of thiazole rings is 1. The van der Waals surface area contributed by atoms with E-state index in [-0.39, 0.29) is 0 Å². The van der Waals surface area contributed by atoms with Gasteiger partial charge in [-0.2, -0.15) is 0 Å². The number of rotatable bonds is 6. The monoisotopic (exact) mass is 280 g/mol. The molecule has 0 amide bonds. The first-order valence-corrected chi connectivity index (χ1v) is 6.90. The molecule has 2 aromatic heterocycles. The standard InChI is InChI=1S/C13H16N2O3S/c1-3-13(2,12(16)17)14-7-9-8-19-11(15-9)10-5-4-6-18-10/h4-6,8,14H,3,7H2,1-2H3,(H,16,17). The molecule has 0 aliphatic carbocycles. The van der Waals surface area contributed by atoms with Crippen LogP contribution in [0.5, 0.6) is 0 Å². The van der Waals surface area contributed by atoms with Crippen molar-refractivity contribution in [3.05, 3.63) is 29.5 Å². The molecule has 2 rings (SSSR count). The van der Waals surface area contributed by atoms with Crippen molar-refractivity contribution in [1.29, 1.82) is 0 Å². The van der Waals surface area contributed by atoms with Crippen LogP contribution in [-0.2, 0) is 11.3 Å². The normalized spacial score (nSPS) is 14.2. The van der Waals surface area contributed by atoms with Gasteiger partial charge in [0.15, 0.2) is 10.8 Å². The first kappa shape index (κ1) is 13.8. The van der Waals surface area contributed by atoms with Gasteiger partial charge in [-0.25, -0.2) is 4.98 Å². The van der Waals surface area contributed by atoms with Gasteiger partial charge in [0.05, 0.1) is 12.0 Å². The fourth-order valence-corrected chi connectivity index (χ4v) is 2.33. The Labute approximate surface area is 115 Å². The zero-order valence-electron chi connectivity index (χ0n) is 10.8. The summed E-state index contributed by atoms with van der Waals surface area (Å²) >= 11 is 1.48. The van der Waals surface area contributed by atoms with Gasteiger partial charge in [0.1, 0.15) is 5.54 Å². The Bertz CT molecular complexity index is 550. The summed E-state index contributed by atoms with van der Waals surface area (Å²) in [5, 5.41) is 14.9. The Morgan fingerprint density at radius 3 is 3.00 bits per heavy atom. The summed E-state index contributed by atoms with van der Waals surface area (Å²) in [7, 11) is 0. The number of hydrogen-bond acceptors (Lipinski definition) is 5. The van der Waals surface area contributed by atoms with Crippen molar-refractivity contribution < 1.29 is 14.3 Å². The van der Waals surface area contributed by atoms with Crippen molar-refractivity contribution in [2.24, 2.45) is 0 Å². The van der Waals surface area contributed by atoms with E-state index in [9.17, 15) is 9.90 Å². The third kappa shape index (κ3) is 3.02. The quantitative estimate of drug-likeness (QED) is 0.851. The van der Waals surface area contributed by atoms with Crippen molar-refractivity contribution in [3.63, 3.8) is 0 Å². The molecule has 1 atom stereocenters. The highest BCUT2D eigenvalue weighted by atomic mass is 32.1. The Hall–Kier alpha value is -1.66. The molecule has 2 N–H and O–H groups in total. The number of aliphatic carboxylic acids is 1. The number of furan rings is 1. The summed E-state index contributed by atoms with van der Waals surface area (Å²) in [5.74, 6) is -0.121. The predicted molar refractivity (Wildman–Crippen MR) is 73.0 cm³/mol. The maximum atomic E-state index is 11.2. The molecule has 2 heterocycles. The smallest absolute Gasteiger partial charge is 0.323 e. The van der Waals surface area contributed by atoms with Crippen LogP contribution in [0.2, 0.25) is 0 Å². The Morgan fingerprint density at radius 1 is 1.63 bits per heavy atom. The van der Waals surface area contributed by atoms with E-state index in [1.807, 2.05) is 24.4 Å². The first-order chi connectivity index (χ1) is 9.05. The molecule has 0 radical (unpaired) electrons. The number of carboxylic acid groups (broad SMARTS) is 1. The Balaban J connectivity index is 2.03. The number of nitrogens with zero attached hydrogens (tertiary/aromatic N) is 1. The molecule has 5 nitrogen and oxygen atoms in total. The molecule has 0 aromatic carbocycles. The minimum atomic E-state index is -0.922. The molecular weight excluding hydrogens is 264 g/mol. The third-order valence-electron chi connectivity index (χ3n) is 3.12. The Kier molecular flexibility index (Phi) is 4.01. The lowest BCUT2D eigenvalue weighted by molar-refractivity contribution is -0.144. The van der Waals surface area contributed by atoms with Crippen LogP contribution in [0.15, 0.2) is 28.2 Å². The van der Waals surface area contributed by atoms with Crippen molar-refractivity contribution in [2.45, 2.75) is 32.4 Å². The summed E-state index contributed by atoms with van der Waals surface area (Å²) in [6.45, 7) is 3.94. The van der Waals surface area contributed by atoms with Crippen molar-refractivity contribution in [1.82, 2.24) is 10.3 Å². The fourth-order valence-electron chi connectivity index (χ4n) is 1.54. The lowest BCUT2D eigenvalue weighted by Gasteiger charge is -2.24. The van der Waals surface area contributed by atoms with Crippen LogP contribution in [0.25, 0.3) is 10.8 Å². The summed E-state index contributed by atoms with van der Waals surface area (Å²) in [4.78, 5) is 15.6. The minimum absolute atomic E-state index is 0.424. The summed E-state index contributed by atoms with van der Waals surface area (Å²) in [6.07, 6.45) is 2.12. The molecule has 0 saturated heterocycles. The largest absolute Gasteiger partial charge is 0.480 e. The van der Waals surface area contributed by atoms with Crippen LogP contribution >= 0.6 is 11.3 Å². The number of aromatic nitrogens is 1. The first-order valence-electron chi connectivity index (χ1n) is 6.02. The van der Waals surface area contributed by atoms with Gasteiger partial charge in [0.25, 0.3) is 0 Å². The van der Waals surface area contributed by atoms with Crippen molar-refractivity contribution >= 4 is 17.3 Å². The van der Waals surface area contributed by atoms with Gasteiger partial charge >= 0.3 is 5.97 Å². The molecule has 0 aliphatic rings. The molecule has 102 valence electrons. The van der Waals surface area contributed by atoms with Crippen LogP contribution in [0, 0.1) is 0 Å². The number of nitrogens with one attached hydrogen (secondary N) is 1. The lowest BCUT2D eigenvalue weighted by Crippen LogP contribution is -2.48. The van der Waals surface area contributed by atoms with E-state index >= 15 is 0 Å². The topological polar surface area (TPSA) is 75.4 Å². The van der Waals surface area contributed by atoms with E-state index in [1.54, 1.807) is 13.2 Å². The van der Waals surface area contributed by atoms with Crippen molar-refractivity contribution in [3.8, 4) is 10.8 Å². The second kappa shape index (κ2) is 5.54. The molecule has 0 saturated carbocycles. The SMILES string of the molecule is CCC(C)(NCc1csc(-c2ccco2)n1)C(=O)O. The van der Waals surface area contributed by atoms with Crippen LogP contribution in [0.1, 0.15) is 26.0 Å². The molecule has 19 heavy (non-hydrogen) atoms. The lowest BCUT2D eigenvalue weighted by atomic mass is 9.99. The average Bonchev–Trinajstić information content (AvgIpc) is 3.05. The van der Waals surface area contributed by atoms with Gasteiger partial charge in [-0.3, -0.25) is 10.1 Å². The van der Waals surface area contributed by atoms with Gasteiger partial charge in [-0.15, -0.1) is 11.3 Å². The highest BCUT2D eigenvalue weighted by Crippen LogP contribution is 2.24. The number of carboxylic acids is 1. The van der Waals surface area contributed by atoms with Gasteiger partial charge in [0.2, 0.25) is 0 Å². The second-order valence-electron chi connectivity index (χ2n) is 4.47. The molecule has 0 aliphatic heterocycles. The predicted octanol–water partition coefficient (Wildman–Crippen LogP) is 2.75. The summed E-state index contributed by atoms with van der Waals surface area (Å²) in [5.41, 5.74) is -0.105. The van der Waals surface area contributed by atoms with Gasteiger partial charge < -0.3 is 9.52 Å². The molecule has 2 aromatic rings. The molecule has 1 unspecified atom stereocenters. The van der Waals surface area contributed by atoms with E-state index in [4.69, 9.17) is 4.42 Å². The summed E-state index contributed by atoms with van der Waals surface area (Å²) < 4.78 is 5.27. The van der Waals surface area contributed by atoms with Crippen molar-refractivity contribution in [2.75, 3.05) is 0 Å². The van der Waals surface area contributed by atoms with E-state index in [2.05, 4.69) is 10.3 Å². The summed E-state index contributed by atoms with van der Waals surface area (Å²) in [6, 6.07) is 3.66. The Morgan fingerprint density at radius 2 is 2.42 bits per heavy atom. The number of carbonyl (C=O) groups is 1. The highest BCUT2D eigenvalue weighted by Gasteiger charge is 2.30. The fraction of sp³-hybridized carbons (Fsp3) is 0.385. The van der Waals surface area contributed by atoms with Gasteiger partial charge in [0, 0.05) is 11.9 Å². The maximum absolute atomic E-state index is 11.2. The minimum Gasteiger partial charge on any atom is -0.480 e. The maximum Gasteiger partial charge on any atom is 0.323 e. The average molecular weight is 280 g/mol. The molecule has 6 heteroatoms. The third-order valence-corrected chi connectivity index (χ3v) is 4.03. The van der Waals surface area contributed by atoms with E-state index in [0.29, 0.717) is 13.0 Å². The molecule has 0 fully saturated rings. The van der Waals surface area contributed by atoms with E-state index < -0.39 is 11.5 Å². The van der Waals surface area contributed by atoms with E-state index in [0.717, 1.165) is 16.5 Å². The molecule has 0 bridgehead atoms. The highest BCUT2D eigenvalue weighted by molar-refractivity contribution is 7.13. The van der Waals surface area contributed by atoms with Crippen LogP contribution in [-0.4, -0.2) is 21.6 Å². The van der Waals surface area contributed by atoms with Gasteiger partial charge in [-0.1, -0.05) is 6.92 Å². The number of hydrogen-bond donors (Lipinski definition) is 2. The van der Waals surface area contributed by atoms with Gasteiger partial charge in [-0.05, 0) is 25.5 Å². The zero-order valence-corrected chi connectivity index (χ0v) is 11.7. The van der Waals surface area contributed by atoms with E-state index in [1.165, 1.54) is 11.3 Å².